The molecule has 0 saturated carbocycles. The van der Waals surface area contributed by atoms with Gasteiger partial charge in [-0.3, -0.25) is 18.4 Å². The molecular formula is C23H19N7O12S4. The van der Waals surface area contributed by atoms with Gasteiger partial charge in [0.15, 0.2) is 17.1 Å². The van der Waals surface area contributed by atoms with E-state index in [1.54, 1.807) is 6.92 Å². The van der Waals surface area contributed by atoms with Gasteiger partial charge in [0.05, 0.1) is 36.7 Å². The van der Waals surface area contributed by atoms with Crippen molar-refractivity contribution in [3.63, 3.8) is 0 Å². The first-order valence-electron chi connectivity index (χ1n) is 12.1. The van der Waals surface area contributed by atoms with E-state index in [0.29, 0.717) is 18.2 Å². The number of fused-ring (bicyclic) bond motifs is 1. The quantitative estimate of drug-likeness (QED) is 0.108. The standard InChI is InChI=1S/C23H19N7O12S4/c1-12-21(26-27-23-25-19-7-6-16(44(33,34)35)11-20(19)42-23)22(24)30(28-12)14-2-4-15(5-3-14)43(31,32)29-13-8-17(45(36,37)38)10-18(9-13)46(39,40)41/h2-11,29H,24H2,1H3,(H,33,34,35)(H,36,37,38)(H,39,40,41). The molecule has 0 aliphatic heterocycles. The number of anilines is 2. The zero-order valence-corrected chi connectivity index (χ0v) is 26.0. The summed E-state index contributed by atoms with van der Waals surface area (Å²) >= 11 is 0. The number of hydrogen-bond donors (Lipinski definition) is 5. The van der Waals surface area contributed by atoms with E-state index in [2.05, 4.69) is 20.3 Å². The second-order valence-electron chi connectivity index (χ2n) is 9.27. The first-order chi connectivity index (χ1) is 21.2. The van der Waals surface area contributed by atoms with Crippen LogP contribution in [0.2, 0.25) is 0 Å². The minimum atomic E-state index is -4.99. The lowest BCUT2D eigenvalue weighted by Gasteiger charge is -2.11. The van der Waals surface area contributed by atoms with E-state index in [-0.39, 0.29) is 44.9 Å². The fraction of sp³-hybridized carbons (Fsp3) is 0.0435. The summed E-state index contributed by atoms with van der Waals surface area (Å²) in [5.74, 6) is -0.0282. The number of nitrogen functional groups attached to an aromatic ring is 1. The van der Waals surface area contributed by atoms with Gasteiger partial charge in [0.1, 0.15) is 5.52 Å². The van der Waals surface area contributed by atoms with E-state index >= 15 is 0 Å². The lowest BCUT2D eigenvalue weighted by Crippen LogP contribution is -2.14. The Balaban J connectivity index is 1.40. The molecule has 0 aliphatic rings. The summed E-state index contributed by atoms with van der Waals surface area (Å²) in [7, 11) is -18.9. The highest BCUT2D eigenvalue weighted by atomic mass is 32.2. The number of nitrogens with two attached hydrogens (primary N) is 1. The summed E-state index contributed by atoms with van der Waals surface area (Å²) in [5.41, 5.74) is 6.50. The average Bonchev–Trinajstić information content (AvgIpc) is 3.48. The second-order valence-corrected chi connectivity index (χ2v) is 15.2. The number of aryl methyl sites for hydroxylation is 1. The number of benzene rings is 3. The Labute approximate surface area is 259 Å². The van der Waals surface area contributed by atoms with Crippen molar-refractivity contribution < 1.29 is 51.7 Å². The van der Waals surface area contributed by atoms with Crippen LogP contribution in [-0.2, 0) is 40.4 Å². The summed E-state index contributed by atoms with van der Waals surface area (Å²) in [6.07, 6.45) is 0. The summed E-state index contributed by atoms with van der Waals surface area (Å²) in [5, 5.41) is 12.1. The van der Waals surface area contributed by atoms with Gasteiger partial charge in [-0.2, -0.15) is 35.3 Å². The molecule has 0 atom stereocenters. The molecule has 19 nitrogen and oxygen atoms in total. The highest BCUT2D eigenvalue weighted by Gasteiger charge is 2.22. The Hall–Kier alpha value is -4.78. The largest absolute Gasteiger partial charge is 0.421 e. The van der Waals surface area contributed by atoms with Crippen LogP contribution in [0.25, 0.3) is 16.8 Å². The maximum atomic E-state index is 13.0. The van der Waals surface area contributed by atoms with Crippen LogP contribution in [0.15, 0.2) is 94.9 Å². The number of nitrogens with one attached hydrogen (secondary N) is 1. The van der Waals surface area contributed by atoms with Gasteiger partial charge in [0.25, 0.3) is 40.4 Å². The van der Waals surface area contributed by atoms with E-state index < -0.39 is 60.8 Å². The third kappa shape index (κ3) is 6.74. The molecule has 0 amide bonds. The molecule has 5 rings (SSSR count). The number of rotatable bonds is 9. The van der Waals surface area contributed by atoms with Gasteiger partial charge in [0, 0.05) is 6.07 Å². The Kier molecular flexibility index (Phi) is 7.96. The predicted molar refractivity (Wildman–Crippen MR) is 158 cm³/mol. The van der Waals surface area contributed by atoms with Gasteiger partial charge in [-0.05, 0) is 61.5 Å². The molecule has 23 heteroatoms. The first kappa shape index (κ1) is 32.6. The SMILES string of the molecule is Cc1nn(-c2ccc(S(=O)(=O)Nc3cc(S(=O)(=O)O)cc(S(=O)(=O)O)c3)cc2)c(N)c1N=Nc1nc2ccc(S(=O)(=O)O)cc2o1. The van der Waals surface area contributed by atoms with Crippen LogP contribution >= 0.6 is 0 Å². The molecule has 46 heavy (non-hydrogen) atoms. The van der Waals surface area contributed by atoms with Gasteiger partial charge in [-0.25, -0.2) is 13.1 Å². The number of nitrogens with zero attached hydrogens (tertiary/aromatic N) is 5. The maximum Gasteiger partial charge on any atom is 0.341 e. The van der Waals surface area contributed by atoms with Crippen LogP contribution in [0.5, 0.6) is 0 Å². The monoisotopic (exact) mass is 713 g/mol. The van der Waals surface area contributed by atoms with E-state index in [1.165, 1.54) is 22.9 Å². The summed E-state index contributed by atoms with van der Waals surface area (Å²) < 4.78 is 131. The van der Waals surface area contributed by atoms with E-state index in [1.807, 2.05) is 4.72 Å². The molecule has 3 aromatic carbocycles. The lowest BCUT2D eigenvalue weighted by molar-refractivity contribution is 0.478. The van der Waals surface area contributed by atoms with Crippen molar-refractivity contribution in [1.29, 1.82) is 0 Å². The van der Waals surface area contributed by atoms with Gasteiger partial charge in [0.2, 0.25) is 0 Å². The van der Waals surface area contributed by atoms with Crippen molar-refractivity contribution in [2.24, 2.45) is 10.2 Å². The van der Waals surface area contributed by atoms with E-state index in [4.69, 9.17) is 10.2 Å². The minimum Gasteiger partial charge on any atom is -0.421 e. The molecule has 0 aliphatic carbocycles. The summed E-state index contributed by atoms with van der Waals surface area (Å²) in [6, 6.07) is 9.84. The van der Waals surface area contributed by atoms with E-state index in [9.17, 15) is 47.3 Å². The molecule has 5 aromatic rings. The Bertz CT molecular complexity index is 2460. The zero-order chi connectivity index (χ0) is 33.8. The fourth-order valence-corrected chi connectivity index (χ4v) is 6.67. The first-order valence-corrected chi connectivity index (χ1v) is 17.9. The van der Waals surface area contributed by atoms with Crippen LogP contribution in [0.4, 0.5) is 23.2 Å². The van der Waals surface area contributed by atoms with E-state index in [0.717, 1.165) is 24.3 Å². The molecule has 6 N–H and O–H groups in total. The molecular weight excluding hydrogens is 695 g/mol. The topological polar surface area (TPSA) is 304 Å². The van der Waals surface area contributed by atoms with Crippen molar-refractivity contribution in [2.75, 3.05) is 10.5 Å². The van der Waals surface area contributed by atoms with Crippen LogP contribution in [-0.4, -0.2) is 62.1 Å². The van der Waals surface area contributed by atoms with Crippen LogP contribution in [0, 0.1) is 6.92 Å². The van der Waals surface area contributed by atoms with Gasteiger partial charge < -0.3 is 10.2 Å². The smallest absolute Gasteiger partial charge is 0.341 e. The van der Waals surface area contributed by atoms with Crippen molar-refractivity contribution >= 4 is 74.7 Å². The van der Waals surface area contributed by atoms with Gasteiger partial charge >= 0.3 is 6.01 Å². The molecule has 0 radical (unpaired) electrons. The average molecular weight is 714 g/mol. The van der Waals surface area contributed by atoms with Crippen molar-refractivity contribution in [1.82, 2.24) is 14.8 Å². The number of sulfonamides is 1. The molecule has 2 aromatic heterocycles. The second kappa shape index (κ2) is 11.2. The maximum absolute atomic E-state index is 13.0. The molecule has 0 saturated heterocycles. The van der Waals surface area contributed by atoms with Crippen molar-refractivity contribution in [2.45, 2.75) is 26.5 Å². The third-order valence-electron chi connectivity index (χ3n) is 6.07. The molecule has 0 fully saturated rings. The highest BCUT2D eigenvalue weighted by molar-refractivity contribution is 7.92. The number of azo groups is 1. The number of aromatic nitrogens is 3. The fourth-order valence-electron chi connectivity index (χ4n) is 3.96. The third-order valence-corrected chi connectivity index (χ3v) is 9.97. The minimum absolute atomic E-state index is 0.0130. The molecule has 0 unspecified atom stereocenters. The number of hydrogen-bond acceptors (Lipinski definition) is 14. The summed E-state index contributed by atoms with van der Waals surface area (Å²) in [4.78, 5) is 1.30. The lowest BCUT2D eigenvalue weighted by atomic mass is 10.3. The van der Waals surface area contributed by atoms with Gasteiger partial charge in [-0.15, -0.1) is 5.11 Å². The Morgan fingerprint density at radius 3 is 1.89 bits per heavy atom. The van der Waals surface area contributed by atoms with Gasteiger partial charge in [-0.1, -0.05) is 5.11 Å². The molecule has 0 bridgehead atoms. The highest BCUT2D eigenvalue weighted by Crippen LogP contribution is 2.32. The Morgan fingerprint density at radius 2 is 1.33 bits per heavy atom. The van der Waals surface area contributed by atoms with Crippen LogP contribution < -0.4 is 10.5 Å². The molecule has 2 heterocycles. The molecule has 242 valence electrons. The van der Waals surface area contributed by atoms with Crippen molar-refractivity contribution in [3.05, 3.63) is 66.4 Å². The number of oxazole rings is 1. The molecule has 0 spiro atoms. The predicted octanol–water partition coefficient (Wildman–Crippen LogP) is 2.86. The van der Waals surface area contributed by atoms with Crippen LogP contribution in [0.3, 0.4) is 0 Å². The summed E-state index contributed by atoms with van der Waals surface area (Å²) in [6.45, 7) is 1.55. The Morgan fingerprint density at radius 1 is 0.761 bits per heavy atom. The zero-order valence-electron chi connectivity index (χ0n) is 22.7. The normalized spacial score (nSPS) is 13.0. The van der Waals surface area contributed by atoms with Crippen molar-refractivity contribution in [3.8, 4) is 5.69 Å². The van der Waals surface area contributed by atoms with Crippen LogP contribution in [0.1, 0.15) is 5.69 Å².